The van der Waals surface area contributed by atoms with Crippen molar-refractivity contribution in [2.24, 2.45) is 5.73 Å². The number of nitrogens with two attached hydrogens (primary N) is 1. The maximum absolute atomic E-state index is 12.1. The first-order valence-corrected chi connectivity index (χ1v) is 6.61. The molecule has 0 aliphatic heterocycles. The topological polar surface area (TPSA) is 57.2 Å². The van der Waals surface area contributed by atoms with Crippen LogP contribution in [0.3, 0.4) is 0 Å². The highest BCUT2D eigenvalue weighted by Crippen LogP contribution is 2.23. The molecule has 0 bridgehead atoms. The molecule has 4 nitrogen and oxygen atoms in total. The minimum Gasteiger partial charge on any atom is -0.496 e. The zero-order chi connectivity index (χ0) is 14.7. The second-order valence-electron chi connectivity index (χ2n) is 4.98. The van der Waals surface area contributed by atoms with Crippen LogP contribution < -0.4 is 16.0 Å². The zero-order valence-corrected chi connectivity index (χ0v) is 12.1. The number of ether oxygens (including phenoxy) is 1. The third-order valence-electron chi connectivity index (χ3n) is 3.38. The zero-order valence-electron chi connectivity index (χ0n) is 12.1. The minimum absolute atomic E-state index is 0.0146. The Morgan fingerprint density at radius 3 is 2.75 bits per heavy atom. The smallest absolute Gasteiger partial charge is 0.253 e. The van der Waals surface area contributed by atoms with Gasteiger partial charge in [0.25, 0.3) is 5.56 Å². The summed E-state index contributed by atoms with van der Waals surface area (Å²) >= 11 is 0. The van der Waals surface area contributed by atoms with Gasteiger partial charge in [0, 0.05) is 23.4 Å². The van der Waals surface area contributed by atoms with E-state index in [9.17, 15) is 4.79 Å². The van der Waals surface area contributed by atoms with Crippen molar-refractivity contribution in [1.82, 2.24) is 4.57 Å². The molecule has 1 unspecified atom stereocenters. The molecular formula is C16H20N2O2. The van der Waals surface area contributed by atoms with Gasteiger partial charge in [-0.15, -0.1) is 0 Å². The average Bonchev–Trinajstić information content (AvgIpc) is 2.43. The van der Waals surface area contributed by atoms with Gasteiger partial charge in [0.1, 0.15) is 5.75 Å². The first kappa shape index (κ1) is 14.3. The summed E-state index contributed by atoms with van der Waals surface area (Å²) in [5.74, 6) is 0.766. The maximum atomic E-state index is 12.1. The second-order valence-corrected chi connectivity index (χ2v) is 4.98. The lowest BCUT2D eigenvalue weighted by Gasteiger charge is -2.14. The van der Waals surface area contributed by atoms with Crippen molar-refractivity contribution in [3.63, 3.8) is 0 Å². The Balaban J connectivity index is 2.43. The summed E-state index contributed by atoms with van der Waals surface area (Å²) in [7, 11) is 1.63. The molecule has 0 saturated heterocycles. The molecule has 0 radical (unpaired) electrons. The summed E-state index contributed by atoms with van der Waals surface area (Å²) < 4.78 is 7.04. The van der Waals surface area contributed by atoms with Gasteiger partial charge in [-0.3, -0.25) is 4.79 Å². The highest BCUT2D eigenvalue weighted by molar-refractivity contribution is 5.38. The van der Waals surface area contributed by atoms with Gasteiger partial charge in [0.15, 0.2) is 0 Å². The van der Waals surface area contributed by atoms with Crippen LogP contribution in [-0.2, 0) is 6.54 Å². The Bertz CT molecular complexity index is 660. The third-order valence-corrected chi connectivity index (χ3v) is 3.38. The Hall–Kier alpha value is -2.07. The fourth-order valence-corrected chi connectivity index (χ4v) is 2.17. The van der Waals surface area contributed by atoms with Crippen molar-refractivity contribution in [3.8, 4) is 5.75 Å². The molecule has 0 amide bonds. The normalized spacial score (nSPS) is 12.2. The lowest BCUT2D eigenvalue weighted by molar-refractivity contribution is 0.407. The number of pyridine rings is 1. The van der Waals surface area contributed by atoms with E-state index in [1.807, 2.05) is 44.2 Å². The van der Waals surface area contributed by atoms with Crippen molar-refractivity contribution in [2.45, 2.75) is 26.4 Å². The molecule has 2 rings (SSSR count). The summed E-state index contributed by atoms with van der Waals surface area (Å²) in [6, 6.07) is 9.49. The second kappa shape index (κ2) is 5.92. The molecule has 1 atom stereocenters. The monoisotopic (exact) mass is 272 g/mol. The molecule has 2 N–H and O–H groups in total. The van der Waals surface area contributed by atoms with E-state index in [4.69, 9.17) is 10.5 Å². The van der Waals surface area contributed by atoms with Crippen LogP contribution >= 0.6 is 0 Å². The molecule has 0 aliphatic rings. The number of aromatic nitrogens is 1. The van der Waals surface area contributed by atoms with Gasteiger partial charge in [-0.1, -0.05) is 12.1 Å². The maximum Gasteiger partial charge on any atom is 0.253 e. The molecule has 1 aromatic carbocycles. The summed E-state index contributed by atoms with van der Waals surface area (Å²) in [5, 5.41) is 0. The van der Waals surface area contributed by atoms with Crippen molar-refractivity contribution in [1.29, 1.82) is 0 Å². The van der Waals surface area contributed by atoms with Crippen LogP contribution in [0.4, 0.5) is 0 Å². The van der Waals surface area contributed by atoms with E-state index in [-0.39, 0.29) is 11.6 Å². The van der Waals surface area contributed by atoms with Crippen LogP contribution in [0.2, 0.25) is 0 Å². The Labute approximate surface area is 118 Å². The van der Waals surface area contributed by atoms with E-state index in [0.29, 0.717) is 6.54 Å². The van der Waals surface area contributed by atoms with Gasteiger partial charge < -0.3 is 15.0 Å². The van der Waals surface area contributed by atoms with Crippen molar-refractivity contribution in [2.75, 3.05) is 7.11 Å². The molecule has 20 heavy (non-hydrogen) atoms. The number of aryl methyl sites for hydroxylation is 1. The van der Waals surface area contributed by atoms with Crippen LogP contribution in [0.25, 0.3) is 0 Å². The predicted octanol–water partition coefficient (Wildman–Crippen LogP) is 2.23. The van der Waals surface area contributed by atoms with E-state index in [0.717, 1.165) is 22.4 Å². The molecule has 0 saturated carbocycles. The number of nitrogens with zero attached hydrogens (tertiary/aromatic N) is 1. The first-order chi connectivity index (χ1) is 9.52. The van der Waals surface area contributed by atoms with Crippen LogP contribution in [-0.4, -0.2) is 11.7 Å². The average molecular weight is 272 g/mol. The van der Waals surface area contributed by atoms with Gasteiger partial charge >= 0.3 is 0 Å². The van der Waals surface area contributed by atoms with Crippen LogP contribution in [0.1, 0.15) is 29.7 Å². The van der Waals surface area contributed by atoms with E-state index in [1.54, 1.807) is 17.9 Å². The van der Waals surface area contributed by atoms with E-state index >= 15 is 0 Å². The quantitative estimate of drug-likeness (QED) is 0.928. The first-order valence-electron chi connectivity index (χ1n) is 6.61. The molecule has 4 heteroatoms. The fraction of sp³-hybridized carbons (Fsp3) is 0.312. The van der Waals surface area contributed by atoms with Gasteiger partial charge in [0.2, 0.25) is 0 Å². The van der Waals surface area contributed by atoms with E-state index in [2.05, 4.69) is 0 Å². The third kappa shape index (κ3) is 2.91. The van der Waals surface area contributed by atoms with Crippen LogP contribution in [0.15, 0.2) is 41.3 Å². The summed E-state index contributed by atoms with van der Waals surface area (Å²) in [4.78, 5) is 12.1. The van der Waals surface area contributed by atoms with Crippen LogP contribution in [0, 0.1) is 6.92 Å². The van der Waals surface area contributed by atoms with Crippen molar-refractivity contribution in [3.05, 3.63) is 63.6 Å². The van der Waals surface area contributed by atoms with Crippen LogP contribution in [0.5, 0.6) is 5.75 Å². The Kier molecular flexibility index (Phi) is 4.25. The molecule has 0 fully saturated rings. The van der Waals surface area contributed by atoms with E-state index < -0.39 is 0 Å². The highest BCUT2D eigenvalue weighted by atomic mass is 16.5. The largest absolute Gasteiger partial charge is 0.496 e. The summed E-state index contributed by atoms with van der Waals surface area (Å²) in [6.45, 7) is 4.23. The molecule has 0 aliphatic carbocycles. The Morgan fingerprint density at radius 1 is 1.35 bits per heavy atom. The minimum atomic E-state index is -0.0473. The van der Waals surface area contributed by atoms with Crippen molar-refractivity contribution < 1.29 is 4.74 Å². The number of hydrogen-bond donors (Lipinski definition) is 1. The number of benzene rings is 1. The fourth-order valence-electron chi connectivity index (χ4n) is 2.17. The predicted molar refractivity (Wildman–Crippen MR) is 80.1 cm³/mol. The SMILES string of the molecule is COc1ccc(C(C)N)cc1Cn1cccc(C)c1=O. The van der Waals surface area contributed by atoms with Gasteiger partial charge in [0.05, 0.1) is 13.7 Å². The summed E-state index contributed by atoms with van der Waals surface area (Å²) in [6.07, 6.45) is 1.79. The molecular weight excluding hydrogens is 252 g/mol. The van der Waals surface area contributed by atoms with E-state index in [1.165, 1.54) is 0 Å². The molecule has 2 aromatic rings. The Morgan fingerprint density at radius 2 is 2.10 bits per heavy atom. The highest BCUT2D eigenvalue weighted by Gasteiger charge is 2.09. The van der Waals surface area contributed by atoms with Gasteiger partial charge in [-0.25, -0.2) is 0 Å². The number of rotatable bonds is 4. The summed E-state index contributed by atoms with van der Waals surface area (Å²) in [5.41, 5.74) is 8.64. The lowest BCUT2D eigenvalue weighted by atomic mass is 10.0. The van der Waals surface area contributed by atoms with Gasteiger partial charge in [-0.2, -0.15) is 0 Å². The molecule has 1 aromatic heterocycles. The standard InChI is InChI=1S/C16H20N2O2/c1-11-5-4-8-18(16(11)19)10-14-9-13(12(2)17)6-7-15(14)20-3/h4-9,12H,10,17H2,1-3H3. The lowest BCUT2D eigenvalue weighted by Crippen LogP contribution is -2.22. The number of methoxy groups -OCH3 is 1. The molecule has 106 valence electrons. The molecule has 1 heterocycles. The van der Waals surface area contributed by atoms with Gasteiger partial charge in [-0.05, 0) is 37.6 Å². The molecule has 0 spiro atoms. The van der Waals surface area contributed by atoms with Crippen molar-refractivity contribution >= 4 is 0 Å². The number of hydrogen-bond acceptors (Lipinski definition) is 3.